The van der Waals surface area contributed by atoms with Crippen molar-refractivity contribution in [3.05, 3.63) is 40.4 Å². The predicted octanol–water partition coefficient (Wildman–Crippen LogP) is 4.52. The largest absolute Gasteiger partial charge is 0.491 e. The summed E-state index contributed by atoms with van der Waals surface area (Å²) in [4.78, 5) is 12.2. The quantitative estimate of drug-likeness (QED) is 0.554. The normalized spacial score (nSPS) is 10.6. The molecule has 0 aliphatic heterocycles. The third-order valence-electron chi connectivity index (χ3n) is 2.97. The van der Waals surface area contributed by atoms with Crippen LogP contribution in [0.25, 0.3) is 10.8 Å². The van der Waals surface area contributed by atoms with Crippen LogP contribution in [0.3, 0.4) is 0 Å². The minimum Gasteiger partial charge on any atom is -0.491 e. The second-order valence-corrected chi connectivity index (χ2v) is 6.13. The van der Waals surface area contributed by atoms with Crippen LogP contribution in [0.15, 0.2) is 34.8 Å². The molecule has 112 valence electrons. The monoisotopic (exact) mass is 368 g/mol. The summed E-state index contributed by atoms with van der Waals surface area (Å²) in [5.41, 5.74) is 0.462. The van der Waals surface area contributed by atoms with E-state index in [2.05, 4.69) is 15.9 Å². The minimum absolute atomic E-state index is 0.341. The van der Waals surface area contributed by atoms with E-state index < -0.39 is 0 Å². The number of halogens is 1. The highest BCUT2D eigenvalue weighted by Crippen LogP contribution is 2.37. The highest BCUT2D eigenvalue weighted by molar-refractivity contribution is 9.10. The molecule has 0 radical (unpaired) electrons. The number of hydrogen-bond donors (Lipinski definition) is 0. The van der Waals surface area contributed by atoms with Crippen LogP contribution in [0.2, 0.25) is 0 Å². The Kier molecular flexibility index (Phi) is 5.94. The molecule has 0 spiro atoms. The van der Waals surface area contributed by atoms with Gasteiger partial charge in [-0.05, 0) is 45.9 Å². The van der Waals surface area contributed by atoms with Gasteiger partial charge in [0.1, 0.15) is 11.3 Å². The summed E-state index contributed by atoms with van der Waals surface area (Å²) in [5.74, 6) is 1.06. The Morgan fingerprint density at radius 1 is 1.33 bits per heavy atom. The summed E-state index contributed by atoms with van der Waals surface area (Å²) in [6.45, 7) is 2.68. The fraction of sp³-hybridized carbons (Fsp3) is 0.312. The third kappa shape index (κ3) is 3.71. The first-order valence-corrected chi connectivity index (χ1v) is 8.87. The summed E-state index contributed by atoms with van der Waals surface area (Å²) >= 11 is 5.26. The zero-order chi connectivity index (χ0) is 15.2. The van der Waals surface area contributed by atoms with Crippen molar-refractivity contribution in [2.24, 2.45) is 0 Å². The van der Waals surface area contributed by atoms with E-state index >= 15 is 0 Å². The van der Waals surface area contributed by atoms with Gasteiger partial charge in [0.2, 0.25) is 0 Å². The Bertz CT molecular complexity index is 643. The van der Waals surface area contributed by atoms with E-state index in [4.69, 9.17) is 9.47 Å². The van der Waals surface area contributed by atoms with Crippen molar-refractivity contribution in [3.63, 3.8) is 0 Å². The molecule has 0 atom stereocenters. The van der Waals surface area contributed by atoms with E-state index in [-0.39, 0.29) is 5.97 Å². The first kappa shape index (κ1) is 16.2. The average Bonchev–Trinajstić information content (AvgIpc) is 2.49. The second-order valence-electron chi connectivity index (χ2n) is 4.35. The zero-order valence-electron chi connectivity index (χ0n) is 12.0. The van der Waals surface area contributed by atoms with Gasteiger partial charge in [0.15, 0.2) is 0 Å². The standard InChI is InChI=1S/C16H17BrO3S/c1-3-19-16(18)13-10-11-6-4-5-7-12(11)14(17)15(13)20-8-9-21-2/h4-7,10H,3,8-9H2,1-2H3. The molecule has 21 heavy (non-hydrogen) atoms. The molecule has 2 aromatic carbocycles. The number of carbonyl (C=O) groups is 1. The van der Waals surface area contributed by atoms with Gasteiger partial charge in [0.05, 0.1) is 17.7 Å². The van der Waals surface area contributed by atoms with Crippen molar-refractivity contribution >= 4 is 44.4 Å². The van der Waals surface area contributed by atoms with Gasteiger partial charge in [0, 0.05) is 5.75 Å². The fourth-order valence-corrected chi connectivity index (χ4v) is 2.95. The highest BCUT2D eigenvalue weighted by atomic mass is 79.9. The van der Waals surface area contributed by atoms with Crippen LogP contribution in [0.5, 0.6) is 5.75 Å². The summed E-state index contributed by atoms with van der Waals surface area (Å²) in [5, 5.41) is 1.99. The van der Waals surface area contributed by atoms with Crippen LogP contribution in [0, 0.1) is 0 Å². The molecular weight excluding hydrogens is 352 g/mol. The van der Waals surface area contributed by atoms with E-state index in [1.165, 1.54) is 0 Å². The van der Waals surface area contributed by atoms with Crippen LogP contribution in [0.4, 0.5) is 0 Å². The molecule has 0 N–H and O–H groups in total. The molecule has 0 unspecified atom stereocenters. The lowest BCUT2D eigenvalue weighted by Crippen LogP contribution is -2.10. The van der Waals surface area contributed by atoms with Gasteiger partial charge in [-0.1, -0.05) is 24.3 Å². The van der Waals surface area contributed by atoms with E-state index in [1.807, 2.05) is 36.6 Å². The Balaban J connectivity index is 2.51. The molecule has 2 aromatic rings. The molecule has 0 aromatic heterocycles. The lowest BCUT2D eigenvalue weighted by molar-refractivity contribution is 0.0522. The maximum atomic E-state index is 12.2. The van der Waals surface area contributed by atoms with E-state index in [1.54, 1.807) is 18.7 Å². The van der Waals surface area contributed by atoms with Crippen molar-refractivity contribution in [1.82, 2.24) is 0 Å². The van der Waals surface area contributed by atoms with Crippen molar-refractivity contribution in [2.45, 2.75) is 6.92 Å². The van der Waals surface area contributed by atoms with Crippen molar-refractivity contribution in [3.8, 4) is 5.75 Å². The SMILES string of the molecule is CCOC(=O)c1cc2ccccc2c(Br)c1OCCSC. The summed E-state index contributed by atoms with van der Waals surface area (Å²) in [7, 11) is 0. The summed E-state index contributed by atoms with van der Waals surface area (Å²) in [6, 6.07) is 9.69. The molecule has 3 nitrogen and oxygen atoms in total. The van der Waals surface area contributed by atoms with Crippen LogP contribution >= 0.6 is 27.7 Å². The second kappa shape index (κ2) is 7.71. The van der Waals surface area contributed by atoms with Gasteiger partial charge in [-0.15, -0.1) is 0 Å². The van der Waals surface area contributed by atoms with Crippen LogP contribution < -0.4 is 4.74 Å². The number of fused-ring (bicyclic) bond motifs is 1. The van der Waals surface area contributed by atoms with E-state index in [0.717, 1.165) is 21.0 Å². The summed E-state index contributed by atoms with van der Waals surface area (Å²) in [6.07, 6.45) is 2.02. The number of hydrogen-bond acceptors (Lipinski definition) is 4. The van der Waals surface area contributed by atoms with Gasteiger partial charge >= 0.3 is 5.97 Å². The number of benzene rings is 2. The van der Waals surface area contributed by atoms with Crippen LogP contribution in [-0.2, 0) is 4.74 Å². The summed E-state index contributed by atoms with van der Waals surface area (Å²) < 4.78 is 11.7. The van der Waals surface area contributed by atoms with Crippen LogP contribution in [-0.4, -0.2) is 31.2 Å². The van der Waals surface area contributed by atoms with Gasteiger partial charge in [0.25, 0.3) is 0 Å². The number of thioether (sulfide) groups is 1. The Morgan fingerprint density at radius 3 is 2.81 bits per heavy atom. The molecular formula is C16H17BrO3S. The minimum atomic E-state index is -0.358. The van der Waals surface area contributed by atoms with E-state index in [9.17, 15) is 4.79 Å². The maximum absolute atomic E-state index is 12.2. The Labute approximate surface area is 137 Å². The van der Waals surface area contributed by atoms with Crippen molar-refractivity contribution in [1.29, 1.82) is 0 Å². The molecule has 0 bridgehead atoms. The predicted molar refractivity (Wildman–Crippen MR) is 91.5 cm³/mol. The number of rotatable bonds is 6. The number of esters is 1. The smallest absolute Gasteiger partial charge is 0.341 e. The lowest BCUT2D eigenvalue weighted by atomic mass is 10.1. The molecule has 0 saturated carbocycles. The van der Waals surface area contributed by atoms with Gasteiger partial charge in [-0.3, -0.25) is 0 Å². The van der Waals surface area contributed by atoms with E-state index in [0.29, 0.717) is 24.5 Å². The van der Waals surface area contributed by atoms with Crippen molar-refractivity contribution in [2.75, 3.05) is 25.2 Å². The topological polar surface area (TPSA) is 35.5 Å². The number of carbonyl (C=O) groups excluding carboxylic acids is 1. The van der Waals surface area contributed by atoms with Gasteiger partial charge in [-0.25, -0.2) is 4.79 Å². The highest BCUT2D eigenvalue weighted by Gasteiger charge is 2.19. The molecule has 0 fully saturated rings. The third-order valence-corrected chi connectivity index (χ3v) is 4.33. The molecule has 0 amide bonds. The van der Waals surface area contributed by atoms with Crippen molar-refractivity contribution < 1.29 is 14.3 Å². The molecule has 0 saturated heterocycles. The first-order chi connectivity index (χ1) is 10.2. The number of ether oxygens (including phenoxy) is 2. The molecule has 0 aliphatic rings. The zero-order valence-corrected chi connectivity index (χ0v) is 14.4. The molecule has 0 aliphatic carbocycles. The average molecular weight is 369 g/mol. The first-order valence-electron chi connectivity index (χ1n) is 6.69. The van der Waals surface area contributed by atoms with Gasteiger partial charge in [-0.2, -0.15) is 11.8 Å². The lowest BCUT2D eigenvalue weighted by Gasteiger charge is -2.14. The van der Waals surface area contributed by atoms with Crippen LogP contribution in [0.1, 0.15) is 17.3 Å². The maximum Gasteiger partial charge on any atom is 0.341 e. The molecule has 0 heterocycles. The molecule has 2 rings (SSSR count). The molecule has 5 heteroatoms. The fourth-order valence-electron chi connectivity index (χ4n) is 2.01. The Morgan fingerprint density at radius 2 is 2.10 bits per heavy atom. The van der Waals surface area contributed by atoms with Gasteiger partial charge < -0.3 is 9.47 Å². The Hall–Kier alpha value is -1.20.